The molecule has 2 unspecified atom stereocenters. The first-order valence-corrected chi connectivity index (χ1v) is 6.89. The van der Waals surface area contributed by atoms with Crippen molar-refractivity contribution in [2.45, 2.75) is 66.2 Å². The Balaban J connectivity index is 0. The van der Waals surface area contributed by atoms with E-state index in [4.69, 9.17) is 10.2 Å². The first kappa shape index (κ1) is 19.3. The minimum atomic E-state index is -0.653. The fourth-order valence-corrected chi connectivity index (χ4v) is 1.70. The van der Waals surface area contributed by atoms with Gasteiger partial charge < -0.3 is 10.2 Å². The lowest BCUT2D eigenvalue weighted by Gasteiger charge is -2.05. The molecule has 0 bridgehead atoms. The molecule has 4 heteroatoms. The highest BCUT2D eigenvalue weighted by Crippen LogP contribution is 2.10. The Morgan fingerprint density at radius 2 is 1.06 bits per heavy atom. The fourth-order valence-electron chi connectivity index (χ4n) is 1.70. The average molecular weight is 260 g/mol. The number of carboxylic acids is 2. The van der Waals surface area contributed by atoms with E-state index in [1.807, 2.05) is 27.7 Å². The van der Waals surface area contributed by atoms with Crippen LogP contribution in [0.25, 0.3) is 0 Å². The van der Waals surface area contributed by atoms with Gasteiger partial charge in [0.15, 0.2) is 0 Å². The van der Waals surface area contributed by atoms with Crippen LogP contribution in [-0.2, 0) is 9.59 Å². The Morgan fingerprint density at radius 3 is 1.11 bits per heavy atom. The number of carbonyl (C=O) groups is 2. The number of rotatable bonds is 8. The average Bonchev–Trinajstić information content (AvgIpc) is 2.32. The molecule has 0 radical (unpaired) electrons. The van der Waals surface area contributed by atoms with E-state index in [0.29, 0.717) is 0 Å². The minimum Gasteiger partial charge on any atom is -0.481 e. The zero-order chi connectivity index (χ0) is 14.6. The molecule has 18 heavy (non-hydrogen) atoms. The molecular weight excluding hydrogens is 232 g/mol. The lowest BCUT2D eigenvalue weighted by atomic mass is 10.0. The van der Waals surface area contributed by atoms with Gasteiger partial charge in [0, 0.05) is 0 Å². The number of aliphatic carboxylic acids is 2. The lowest BCUT2D eigenvalue weighted by molar-refractivity contribution is -0.143. The summed E-state index contributed by atoms with van der Waals surface area (Å²) in [5.74, 6) is -1.54. The maximum atomic E-state index is 10.3. The molecule has 2 atom stereocenters. The third kappa shape index (κ3) is 10.1. The van der Waals surface area contributed by atoms with Gasteiger partial charge in [0.1, 0.15) is 0 Å². The van der Waals surface area contributed by atoms with Crippen LogP contribution in [0, 0.1) is 11.8 Å². The van der Waals surface area contributed by atoms with Crippen LogP contribution in [0.5, 0.6) is 0 Å². The molecule has 0 aromatic carbocycles. The van der Waals surface area contributed by atoms with Gasteiger partial charge in [-0.05, 0) is 25.7 Å². The monoisotopic (exact) mass is 260 g/mol. The van der Waals surface area contributed by atoms with Crippen LogP contribution >= 0.6 is 0 Å². The Morgan fingerprint density at radius 1 is 0.778 bits per heavy atom. The van der Waals surface area contributed by atoms with E-state index in [1.165, 1.54) is 0 Å². The predicted octanol–water partition coefficient (Wildman–Crippen LogP) is 3.79. The van der Waals surface area contributed by atoms with Crippen molar-refractivity contribution in [1.82, 2.24) is 0 Å². The van der Waals surface area contributed by atoms with Crippen molar-refractivity contribution in [3.63, 3.8) is 0 Å². The van der Waals surface area contributed by atoms with Crippen LogP contribution in [0.2, 0.25) is 0 Å². The van der Waals surface area contributed by atoms with Crippen molar-refractivity contribution in [1.29, 1.82) is 0 Å². The molecule has 0 aliphatic heterocycles. The highest BCUT2D eigenvalue weighted by Gasteiger charge is 2.12. The van der Waals surface area contributed by atoms with Gasteiger partial charge in [-0.2, -0.15) is 0 Å². The van der Waals surface area contributed by atoms with E-state index in [1.54, 1.807) is 0 Å². The highest BCUT2D eigenvalue weighted by molar-refractivity contribution is 5.70. The van der Waals surface area contributed by atoms with Crippen molar-refractivity contribution >= 4 is 11.9 Å². The predicted molar refractivity (Wildman–Crippen MR) is 72.6 cm³/mol. The fraction of sp³-hybridized carbons (Fsp3) is 0.857. The number of carboxylic acid groups (broad SMARTS) is 2. The number of hydrogen-bond acceptors (Lipinski definition) is 2. The lowest BCUT2D eigenvalue weighted by Crippen LogP contribution is -2.11. The standard InChI is InChI=1S/2C7H14O2/c2*1-3-5-6(4-2)7(8)9/h2*6H,3-5H2,1-2H3,(H,8,9). The Bertz CT molecular complexity index is 202. The summed E-state index contributed by atoms with van der Waals surface area (Å²) in [7, 11) is 0. The van der Waals surface area contributed by atoms with Crippen molar-refractivity contribution < 1.29 is 19.8 Å². The van der Waals surface area contributed by atoms with Gasteiger partial charge in [0.25, 0.3) is 0 Å². The quantitative estimate of drug-likeness (QED) is 0.696. The van der Waals surface area contributed by atoms with Crippen LogP contribution in [-0.4, -0.2) is 22.2 Å². The van der Waals surface area contributed by atoms with Gasteiger partial charge in [-0.15, -0.1) is 0 Å². The molecule has 0 saturated heterocycles. The second kappa shape index (κ2) is 12.4. The molecule has 0 rings (SSSR count). The van der Waals surface area contributed by atoms with Crippen molar-refractivity contribution in [3.8, 4) is 0 Å². The maximum Gasteiger partial charge on any atom is 0.306 e. The highest BCUT2D eigenvalue weighted by atomic mass is 16.4. The summed E-state index contributed by atoms with van der Waals surface area (Å²) in [4.78, 5) is 20.6. The zero-order valence-corrected chi connectivity index (χ0v) is 12.1. The SMILES string of the molecule is CCCC(CC)C(=O)O.CCCC(CC)C(=O)O. The smallest absolute Gasteiger partial charge is 0.306 e. The number of hydrogen-bond donors (Lipinski definition) is 2. The first-order chi connectivity index (χ1) is 8.44. The molecule has 0 heterocycles. The van der Waals surface area contributed by atoms with E-state index in [2.05, 4.69) is 0 Å². The van der Waals surface area contributed by atoms with Gasteiger partial charge >= 0.3 is 11.9 Å². The summed E-state index contributed by atoms with van der Waals surface area (Å²) in [6.07, 6.45) is 5.06. The summed E-state index contributed by atoms with van der Waals surface area (Å²) in [5.41, 5.74) is 0. The van der Waals surface area contributed by atoms with Gasteiger partial charge in [-0.1, -0.05) is 40.5 Å². The summed E-state index contributed by atoms with van der Waals surface area (Å²) < 4.78 is 0. The van der Waals surface area contributed by atoms with E-state index < -0.39 is 11.9 Å². The molecule has 0 spiro atoms. The molecule has 0 saturated carbocycles. The van der Waals surface area contributed by atoms with Gasteiger partial charge in [-0.25, -0.2) is 0 Å². The third-order valence-electron chi connectivity index (χ3n) is 2.96. The molecule has 2 N–H and O–H groups in total. The van der Waals surface area contributed by atoms with Crippen molar-refractivity contribution in [2.24, 2.45) is 11.8 Å². The second-order valence-electron chi connectivity index (χ2n) is 4.46. The molecule has 0 aromatic rings. The maximum absolute atomic E-state index is 10.3. The third-order valence-corrected chi connectivity index (χ3v) is 2.96. The second-order valence-corrected chi connectivity index (χ2v) is 4.46. The molecule has 0 aromatic heterocycles. The van der Waals surface area contributed by atoms with E-state index in [9.17, 15) is 9.59 Å². The van der Waals surface area contributed by atoms with Crippen LogP contribution < -0.4 is 0 Å². The van der Waals surface area contributed by atoms with Crippen LogP contribution in [0.15, 0.2) is 0 Å². The summed E-state index contributed by atoms with van der Waals surface area (Å²) >= 11 is 0. The summed E-state index contributed by atoms with van der Waals surface area (Å²) in [6.45, 7) is 7.83. The molecule has 0 fully saturated rings. The van der Waals surface area contributed by atoms with Crippen LogP contribution in [0.3, 0.4) is 0 Å². The van der Waals surface area contributed by atoms with Crippen LogP contribution in [0.1, 0.15) is 66.2 Å². The molecule has 0 aliphatic carbocycles. The van der Waals surface area contributed by atoms with Crippen molar-refractivity contribution in [3.05, 3.63) is 0 Å². The molecule has 0 amide bonds. The Hall–Kier alpha value is -1.06. The zero-order valence-electron chi connectivity index (χ0n) is 12.1. The Labute approximate surface area is 110 Å². The van der Waals surface area contributed by atoms with E-state index in [0.717, 1.165) is 38.5 Å². The largest absolute Gasteiger partial charge is 0.481 e. The van der Waals surface area contributed by atoms with Crippen LogP contribution in [0.4, 0.5) is 0 Å². The molecular formula is C14H28O4. The summed E-state index contributed by atoms with van der Waals surface area (Å²) in [6, 6.07) is 0. The molecule has 108 valence electrons. The first-order valence-electron chi connectivity index (χ1n) is 6.89. The van der Waals surface area contributed by atoms with Gasteiger partial charge in [-0.3, -0.25) is 9.59 Å². The normalized spacial score (nSPS) is 13.1. The topological polar surface area (TPSA) is 74.6 Å². The van der Waals surface area contributed by atoms with E-state index >= 15 is 0 Å². The molecule has 4 nitrogen and oxygen atoms in total. The Kier molecular flexibility index (Phi) is 13.3. The minimum absolute atomic E-state index is 0.116. The van der Waals surface area contributed by atoms with Gasteiger partial charge in [0.05, 0.1) is 11.8 Å². The van der Waals surface area contributed by atoms with E-state index in [-0.39, 0.29) is 11.8 Å². The van der Waals surface area contributed by atoms with Crippen molar-refractivity contribution in [2.75, 3.05) is 0 Å². The van der Waals surface area contributed by atoms with Gasteiger partial charge in [0.2, 0.25) is 0 Å². The summed E-state index contributed by atoms with van der Waals surface area (Å²) in [5, 5.41) is 17.0. The molecule has 0 aliphatic rings.